The lowest BCUT2D eigenvalue weighted by Crippen LogP contribution is -2.32. The fourth-order valence-corrected chi connectivity index (χ4v) is 4.82. The summed E-state index contributed by atoms with van der Waals surface area (Å²) in [6, 6.07) is 7.55. The first-order chi connectivity index (χ1) is 18.5. The van der Waals surface area contributed by atoms with Crippen LogP contribution in [-0.4, -0.2) is 55.5 Å². The predicted molar refractivity (Wildman–Crippen MR) is 151 cm³/mol. The number of hydrogen-bond acceptors (Lipinski definition) is 6. The number of aromatic nitrogens is 3. The van der Waals surface area contributed by atoms with Gasteiger partial charge in [0, 0.05) is 38.1 Å². The summed E-state index contributed by atoms with van der Waals surface area (Å²) in [5, 5.41) is 0.307. The Hall–Kier alpha value is -2.89. The van der Waals surface area contributed by atoms with Crippen molar-refractivity contribution in [2.24, 2.45) is 5.41 Å². The molecule has 0 radical (unpaired) electrons. The summed E-state index contributed by atoms with van der Waals surface area (Å²) in [6.45, 7) is 11.7. The van der Waals surface area contributed by atoms with E-state index in [2.05, 4.69) is 34.6 Å². The number of carbonyl (C=O) groups excluding carboxylic acids is 1. The van der Waals surface area contributed by atoms with Crippen LogP contribution in [0.4, 0.5) is 13.2 Å². The summed E-state index contributed by atoms with van der Waals surface area (Å²) in [7, 11) is -0.236. The smallest absolute Gasteiger partial charge is 0.420 e. The van der Waals surface area contributed by atoms with Gasteiger partial charge in [-0.25, -0.2) is 9.97 Å². The molecule has 12 heteroatoms. The number of aromatic amines is 1. The van der Waals surface area contributed by atoms with Gasteiger partial charge in [0.1, 0.15) is 12.4 Å². The van der Waals surface area contributed by atoms with E-state index in [1.807, 2.05) is 6.92 Å². The van der Waals surface area contributed by atoms with Gasteiger partial charge in [0.15, 0.2) is 6.10 Å². The van der Waals surface area contributed by atoms with Gasteiger partial charge >= 0.3 is 12.1 Å². The number of nitrogens with one attached hydrogen (secondary N) is 1. The standard InChI is InChI=1S/C28H35ClF3N3O4Si/c1-17-12-23(39-16-27(2,3)26(36)37-4)33-14-20(17)18-8-9-19(21(29)13-18)25-34-15-22(35-25)24(28(30,31)32)38-10-11-40(5,6)7/h8-9,12-15,24H,10-11,16H2,1-7H3,(H,34,35). The van der Waals surface area contributed by atoms with E-state index in [0.717, 1.165) is 22.9 Å². The van der Waals surface area contributed by atoms with Crippen molar-refractivity contribution >= 4 is 25.6 Å². The summed E-state index contributed by atoms with van der Waals surface area (Å²) in [5.74, 6) is 0.180. The van der Waals surface area contributed by atoms with E-state index in [4.69, 9.17) is 25.8 Å². The Bertz CT molecular complexity index is 1340. The van der Waals surface area contributed by atoms with Crippen LogP contribution in [0.5, 0.6) is 5.88 Å². The van der Waals surface area contributed by atoms with E-state index >= 15 is 0 Å². The number of esters is 1. The van der Waals surface area contributed by atoms with Gasteiger partial charge in [-0.3, -0.25) is 4.79 Å². The lowest BCUT2D eigenvalue weighted by Gasteiger charge is -2.22. The molecule has 2 heterocycles. The van der Waals surface area contributed by atoms with Crippen molar-refractivity contribution in [1.29, 1.82) is 0 Å². The third kappa shape index (κ3) is 8.08. The minimum absolute atomic E-state index is 0.0178. The summed E-state index contributed by atoms with van der Waals surface area (Å²) in [6.07, 6.45) is -3.92. The number of aryl methyl sites for hydroxylation is 1. The number of pyridine rings is 1. The molecule has 0 fully saturated rings. The number of carbonyl (C=O) groups is 1. The van der Waals surface area contributed by atoms with E-state index in [0.29, 0.717) is 22.5 Å². The zero-order valence-corrected chi connectivity index (χ0v) is 25.5. The third-order valence-electron chi connectivity index (χ3n) is 6.25. The second-order valence-corrected chi connectivity index (χ2v) is 17.5. The van der Waals surface area contributed by atoms with E-state index in [-0.39, 0.29) is 30.7 Å². The van der Waals surface area contributed by atoms with E-state index in [1.165, 1.54) is 7.11 Å². The molecule has 218 valence electrons. The van der Waals surface area contributed by atoms with Crippen LogP contribution in [0.2, 0.25) is 30.7 Å². The van der Waals surface area contributed by atoms with Crippen LogP contribution in [0.25, 0.3) is 22.5 Å². The molecule has 40 heavy (non-hydrogen) atoms. The summed E-state index contributed by atoms with van der Waals surface area (Å²) in [4.78, 5) is 23.1. The number of nitrogens with zero attached hydrogens (tertiary/aromatic N) is 2. The largest absolute Gasteiger partial charge is 0.476 e. The van der Waals surface area contributed by atoms with Crippen molar-refractivity contribution in [2.45, 2.75) is 58.7 Å². The summed E-state index contributed by atoms with van der Waals surface area (Å²) < 4.78 is 57.1. The van der Waals surface area contributed by atoms with E-state index in [9.17, 15) is 18.0 Å². The molecule has 1 atom stereocenters. The molecule has 1 unspecified atom stereocenters. The third-order valence-corrected chi connectivity index (χ3v) is 8.27. The molecular formula is C28H35ClF3N3O4Si. The fourth-order valence-electron chi connectivity index (χ4n) is 3.82. The molecule has 0 spiro atoms. The molecule has 0 saturated heterocycles. The van der Waals surface area contributed by atoms with Gasteiger partial charge in [-0.15, -0.1) is 0 Å². The van der Waals surface area contributed by atoms with Crippen LogP contribution in [-0.2, 0) is 14.3 Å². The number of halogens is 4. The second kappa shape index (κ2) is 12.3. The molecule has 3 rings (SSSR count). The average Bonchev–Trinajstić information content (AvgIpc) is 3.32. The van der Waals surface area contributed by atoms with E-state index < -0.39 is 25.8 Å². The molecule has 0 aliphatic carbocycles. The van der Waals surface area contributed by atoms with Gasteiger partial charge in [0.05, 0.1) is 29.4 Å². The Morgan fingerprint density at radius 1 is 1.10 bits per heavy atom. The van der Waals surface area contributed by atoms with Crippen molar-refractivity contribution in [3.63, 3.8) is 0 Å². The predicted octanol–water partition coefficient (Wildman–Crippen LogP) is 7.64. The summed E-state index contributed by atoms with van der Waals surface area (Å²) >= 11 is 6.56. The molecule has 0 aliphatic heterocycles. The maximum atomic E-state index is 13.8. The van der Waals surface area contributed by atoms with Gasteiger partial charge in [-0.1, -0.05) is 37.3 Å². The molecule has 0 amide bonds. The molecule has 0 saturated carbocycles. The quantitative estimate of drug-likeness (QED) is 0.181. The highest BCUT2D eigenvalue weighted by molar-refractivity contribution is 6.76. The highest BCUT2D eigenvalue weighted by Gasteiger charge is 2.43. The number of alkyl halides is 3. The Labute approximate surface area is 238 Å². The number of rotatable bonds is 11. The Morgan fingerprint density at radius 2 is 1.80 bits per heavy atom. The maximum absolute atomic E-state index is 13.8. The number of H-pyrrole nitrogens is 1. The lowest BCUT2D eigenvalue weighted by atomic mass is 9.95. The number of methoxy groups -OCH3 is 1. The van der Waals surface area contributed by atoms with Gasteiger partial charge in [-0.05, 0) is 50.1 Å². The van der Waals surface area contributed by atoms with Crippen molar-refractivity contribution in [1.82, 2.24) is 15.0 Å². The highest BCUT2D eigenvalue weighted by Crippen LogP contribution is 2.38. The first-order valence-electron chi connectivity index (χ1n) is 12.7. The first kappa shape index (κ1) is 31.6. The number of ether oxygens (including phenoxy) is 3. The van der Waals surface area contributed by atoms with Gasteiger partial charge < -0.3 is 19.2 Å². The minimum Gasteiger partial charge on any atom is -0.476 e. The zero-order valence-electron chi connectivity index (χ0n) is 23.7. The van der Waals surface area contributed by atoms with Crippen LogP contribution < -0.4 is 4.74 Å². The van der Waals surface area contributed by atoms with Crippen molar-refractivity contribution in [3.05, 3.63) is 52.9 Å². The molecule has 1 aromatic carbocycles. The number of hydrogen-bond donors (Lipinski definition) is 1. The maximum Gasteiger partial charge on any atom is 0.420 e. The normalized spacial score (nSPS) is 13.3. The van der Waals surface area contributed by atoms with Crippen molar-refractivity contribution < 1.29 is 32.2 Å². The molecular weight excluding hydrogens is 563 g/mol. The second-order valence-electron chi connectivity index (χ2n) is 11.5. The molecule has 7 nitrogen and oxygen atoms in total. The highest BCUT2D eigenvalue weighted by atomic mass is 35.5. The topological polar surface area (TPSA) is 86.3 Å². The zero-order chi connectivity index (χ0) is 29.9. The molecule has 0 aliphatic rings. The Balaban J connectivity index is 1.78. The van der Waals surface area contributed by atoms with Crippen LogP contribution in [0.15, 0.2) is 36.7 Å². The molecule has 2 aromatic heterocycles. The monoisotopic (exact) mass is 597 g/mol. The molecule has 0 bridgehead atoms. The molecule has 1 N–H and O–H groups in total. The molecule has 3 aromatic rings. The fraction of sp³-hybridized carbons (Fsp3) is 0.464. The van der Waals surface area contributed by atoms with Crippen molar-refractivity contribution in [3.8, 4) is 28.4 Å². The van der Waals surface area contributed by atoms with Gasteiger partial charge in [-0.2, -0.15) is 13.2 Å². The number of benzene rings is 1. The minimum atomic E-state index is -4.59. The Morgan fingerprint density at radius 3 is 2.38 bits per heavy atom. The first-order valence-corrected chi connectivity index (χ1v) is 16.8. The van der Waals surface area contributed by atoms with Crippen LogP contribution in [0, 0.1) is 12.3 Å². The SMILES string of the molecule is COC(=O)C(C)(C)COc1cc(C)c(-c2ccc(-c3ncc(C(OCC[Si](C)(C)C)C(F)(F)F)[nH]3)c(Cl)c2)cn1. The Kier molecular flexibility index (Phi) is 9.74. The van der Waals surface area contributed by atoms with Crippen LogP contribution in [0.3, 0.4) is 0 Å². The average molecular weight is 598 g/mol. The van der Waals surface area contributed by atoms with Crippen LogP contribution >= 0.6 is 11.6 Å². The van der Waals surface area contributed by atoms with Gasteiger partial charge in [0.2, 0.25) is 5.88 Å². The summed E-state index contributed by atoms with van der Waals surface area (Å²) in [5.41, 5.74) is 1.85. The van der Waals surface area contributed by atoms with E-state index in [1.54, 1.807) is 44.3 Å². The van der Waals surface area contributed by atoms with Crippen molar-refractivity contribution in [2.75, 3.05) is 20.3 Å². The van der Waals surface area contributed by atoms with Gasteiger partial charge in [0.25, 0.3) is 0 Å². The number of imidazole rings is 1. The lowest BCUT2D eigenvalue weighted by molar-refractivity contribution is -0.223. The van der Waals surface area contributed by atoms with Crippen LogP contribution in [0.1, 0.15) is 31.2 Å².